The number of nitrogens with one attached hydrogen (secondary N) is 2. The molecule has 0 spiro atoms. The van der Waals surface area contributed by atoms with Crippen LogP contribution in [0.25, 0.3) is 0 Å². The number of aliphatic hydroxyl groups is 1. The summed E-state index contributed by atoms with van der Waals surface area (Å²) in [5, 5.41) is 16.7. The summed E-state index contributed by atoms with van der Waals surface area (Å²) in [4.78, 5) is 41.4. The summed E-state index contributed by atoms with van der Waals surface area (Å²) in [5.74, 6) is -0.659. The molecule has 2 aliphatic rings. The Morgan fingerprint density at radius 1 is 1.03 bits per heavy atom. The van der Waals surface area contributed by atoms with Crippen LogP contribution < -0.4 is 15.4 Å². The normalized spacial score (nSPS) is 17.9. The fraction of sp³-hybridized carbons (Fsp3) is 0.483. The van der Waals surface area contributed by atoms with Crippen LogP contribution in [-0.4, -0.2) is 79.8 Å². The van der Waals surface area contributed by atoms with Crippen molar-refractivity contribution < 1.29 is 33.7 Å². The van der Waals surface area contributed by atoms with Crippen LogP contribution in [0.15, 0.2) is 54.6 Å². The van der Waals surface area contributed by atoms with Gasteiger partial charge in [0, 0.05) is 13.1 Å². The minimum Gasteiger partial charge on any atom is -0.497 e. The van der Waals surface area contributed by atoms with Gasteiger partial charge in [-0.25, -0.2) is 4.79 Å². The van der Waals surface area contributed by atoms with Crippen molar-refractivity contribution in [2.75, 3.05) is 40.0 Å². The average Bonchev–Trinajstić information content (AvgIpc) is 3.79. The molecule has 1 aliphatic carbocycles. The predicted octanol–water partition coefficient (Wildman–Crippen LogP) is 1.57. The molecule has 2 aromatic rings. The number of carbonyl (C=O) groups is 3. The molecule has 0 radical (unpaired) electrons. The lowest BCUT2D eigenvalue weighted by Crippen LogP contribution is -2.55. The monoisotopic (exact) mass is 539 g/mol. The van der Waals surface area contributed by atoms with Crippen LogP contribution in [0.4, 0.5) is 0 Å². The highest BCUT2D eigenvalue weighted by atomic mass is 16.5. The van der Waals surface area contributed by atoms with Crippen LogP contribution >= 0.6 is 0 Å². The van der Waals surface area contributed by atoms with Gasteiger partial charge in [0.25, 0.3) is 0 Å². The van der Waals surface area contributed by atoms with Gasteiger partial charge in [0.1, 0.15) is 24.5 Å². The van der Waals surface area contributed by atoms with Gasteiger partial charge in [-0.2, -0.15) is 0 Å². The van der Waals surface area contributed by atoms with E-state index < -0.39 is 30.1 Å². The SMILES string of the molecule is COc1ccc([C@@H](O)[C@H](NC(=O)[C@H](CC2CC2)NC(=O)CN2CCOCC2)C(=O)OCc2ccccc2)cc1. The van der Waals surface area contributed by atoms with Crippen molar-refractivity contribution in [1.82, 2.24) is 15.5 Å². The molecule has 1 saturated heterocycles. The first kappa shape index (κ1) is 28.5. The highest BCUT2D eigenvalue weighted by molar-refractivity contribution is 5.91. The number of ether oxygens (including phenoxy) is 3. The molecule has 3 atom stereocenters. The van der Waals surface area contributed by atoms with Gasteiger partial charge in [0.15, 0.2) is 6.04 Å². The number of nitrogens with zero attached hydrogens (tertiary/aromatic N) is 1. The van der Waals surface area contributed by atoms with E-state index in [1.807, 2.05) is 35.2 Å². The minimum atomic E-state index is -1.38. The summed E-state index contributed by atoms with van der Waals surface area (Å²) in [6.07, 6.45) is 1.06. The molecule has 4 rings (SSSR count). The summed E-state index contributed by atoms with van der Waals surface area (Å²) in [6, 6.07) is 13.5. The van der Waals surface area contributed by atoms with Gasteiger partial charge in [-0.3, -0.25) is 14.5 Å². The molecule has 0 bridgehead atoms. The number of rotatable bonds is 13. The maximum absolute atomic E-state index is 13.5. The molecule has 0 unspecified atom stereocenters. The van der Waals surface area contributed by atoms with E-state index in [9.17, 15) is 19.5 Å². The third-order valence-electron chi connectivity index (χ3n) is 6.94. The number of carbonyl (C=O) groups excluding carboxylic acids is 3. The highest BCUT2D eigenvalue weighted by Gasteiger charge is 2.36. The second kappa shape index (κ2) is 14.1. The van der Waals surface area contributed by atoms with Crippen molar-refractivity contribution in [3.8, 4) is 5.75 Å². The summed E-state index contributed by atoms with van der Waals surface area (Å²) in [6.45, 7) is 2.58. The summed E-state index contributed by atoms with van der Waals surface area (Å²) in [7, 11) is 1.53. The highest BCUT2D eigenvalue weighted by Crippen LogP contribution is 2.33. The molecule has 1 aliphatic heterocycles. The zero-order chi connectivity index (χ0) is 27.6. The lowest BCUT2D eigenvalue weighted by Gasteiger charge is -2.28. The molecule has 39 heavy (non-hydrogen) atoms. The Balaban J connectivity index is 1.46. The second-order valence-corrected chi connectivity index (χ2v) is 9.99. The first-order valence-electron chi connectivity index (χ1n) is 13.4. The van der Waals surface area contributed by atoms with E-state index in [1.54, 1.807) is 24.3 Å². The Morgan fingerprint density at radius 3 is 2.36 bits per heavy atom. The maximum Gasteiger partial charge on any atom is 0.332 e. The zero-order valence-electron chi connectivity index (χ0n) is 22.2. The van der Waals surface area contributed by atoms with Crippen molar-refractivity contribution in [3.05, 3.63) is 65.7 Å². The maximum atomic E-state index is 13.5. The number of methoxy groups -OCH3 is 1. The summed E-state index contributed by atoms with van der Waals surface area (Å²) >= 11 is 0. The first-order valence-corrected chi connectivity index (χ1v) is 13.4. The number of hydrogen-bond acceptors (Lipinski definition) is 8. The molecule has 210 valence electrons. The molecule has 1 heterocycles. The topological polar surface area (TPSA) is 126 Å². The summed E-state index contributed by atoms with van der Waals surface area (Å²) < 4.78 is 16.0. The smallest absolute Gasteiger partial charge is 0.332 e. The minimum absolute atomic E-state index is 0.0108. The first-order chi connectivity index (χ1) is 18.9. The molecule has 2 aromatic carbocycles. The third-order valence-corrected chi connectivity index (χ3v) is 6.94. The van der Waals surface area contributed by atoms with Crippen molar-refractivity contribution in [2.24, 2.45) is 5.92 Å². The van der Waals surface area contributed by atoms with Gasteiger partial charge < -0.3 is 30.0 Å². The van der Waals surface area contributed by atoms with Crippen LogP contribution in [0.2, 0.25) is 0 Å². The van der Waals surface area contributed by atoms with Crippen molar-refractivity contribution in [3.63, 3.8) is 0 Å². The van der Waals surface area contributed by atoms with Gasteiger partial charge >= 0.3 is 5.97 Å². The van der Waals surface area contributed by atoms with Gasteiger partial charge in [-0.1, -0.05) is 55.3 Å². The third kappa shape index (κ3) is 8.77. The molecule has 1 saturated carbocycles. The number of amides is 2. The van der Waals surface area contributed by atoms with E-state index in [2.05, 4.69) is 10.6 Å². The van der Waals surface area contributed by atoms with E-state index in [0.717, 1.165) is 18.4 Å². The number of esters is 1. The number of morpholine rings is 1. The molecule has 3 N–H and O–H groups in total. The Kier molecular flexibility index (Phi) is 10.3. The Bertz CT molecular complexity index is 1090. The van der Waals surface area contributed by atoms with E-state index in [-0.39, 0.29) is 19.1 Å². The van der Waals surface area contributed by atoms with Gasteiger partial charge in [0.05, 0.1) is 26.9 Å². The van der Waals surface area contributed by atoms with Crippen molar-refractivity contribution >= 4 is 17.8 Å². The quantitative estimate of drug-likeness (QED) is 0.328. The lowest BCUT2D eigenvalue weighted by atomic mass is 10.0. The average molecular weight is 540 g/mol. The molecule has 10 heteroatoms. The zero-order valence-corrected chi connectivity index (χ0v) is 22.2. The number of hydrogen-bond donors (Lipinski definition) is 3. The lowest BCUT2D eigenvalue weighted by molar-refractivity contribution is -0.153. The second-order valence-electron chi connectivity index (χ2n) is 9.99. The fourth-order valence-corrected chi connectivity index (χ4v) is 4.45. The van der Waals surface area contributed by atoms with Crippen molar-refractivity contribution in [2.45, 2.75) is 44.1 Å². The molecule has 2 fully saturated rings. The Morgan fingerprint density at radius 2 is 1.72 bits per heavy atom. The van der Waals surface area contributed by atoms with Crippen LogP contribution in [0.1, 0.15) is 36.5 Å². The molecule has 0 aromatic heterocycles. The summed E-state index contributed by atoms with van der Waals surface area (Å²) in [5.41, 5.74) is 1.18. The van der Waals surface area contributed by atoms with Crippen molar-refractivity contribution in [1.29, 1.82) is 0 Å². The molecular weight excluding hydrogens is 502 g/mol. The van der Waals surface area contributed by atoms with Crippen LogP contribution in [0, 0.1) is 5.92 Å². The van der Waals surface area contributed by atoms with E-state index in [4.69, 9.17) is 14.2 Å². The number of benzene rings is 2. The molecule has 10 nitrogen and oxygen atoms in total. The van der Waals surface area contributed by atoms with Gasteiger partial charge in [0.2, 0.25) is 11.8 Å². The Labute approximate surface area is 228 Å². The molecular formula is C29H37N3O7. The van der Waals surface area contributed by atoms with E-state index in [1.165, 1.54) is 7.11 Å². The van der Waals surface area contributed by atoms with Crippen LogP contribution in [-0.2, 0) is 30.5 Å². The van der Waals surface area contributed by atoms with E-state index in [0.29, 0.717) is 50.0 Å². The number of aliphatic hydroxyl groups excluding tert-OH is 1. The molecule has 2 amide bonds. The van der Waals surface area contributed by atoms with Gasteiger partial charge in [-0.15, -0.1) is 0 Å². The largest absolute Gasteiger partial charge is 0.497 e. The Hall–Kier alpha value is -3.47. The standard InChI is InChI=1S/C29H37N3O7/c1-37-23-11-9-22(10-12-23)27(34)26(29(36)39-19-21-5-3-2-4-6-21)31-28(35)24(17-20-7-8-20)30-25(33)18-32-13-15-38-16-14-32/h2-6,9-12,20,24,26-27,34H,7-8,13-19H2,1H3,(H,30,33)(H,31,35)/t24-,26-,27+/m0/s1. The van der Waals surface area contributed by atoms with Gasteiger partial charge in [-0.05, 0) is 35.6 Å². The van der Waals surface area contributed by atoms with E-state index >= 15 is 0 Å². The van der Waals surface area contributed by atoms with Crippen LogP contribution in [0.5, 0.6) is 5.75 Å². The van der Waals surface area contributed by atoms with Crippen LogP contribution in [0.3, 0.4) is 0 Å². The predicted molar refractivity (Wildman–Crippen MR) is 143 cm³/mol. The fourth-order valence-electron chi connectivity index (χ4n) is 4.45.